The molecule has 3 rings (SSSR count). The molecule has 0 saturated carbocycles. The zero-order valence-corrected chi connectivity index (χ0v) is 13.9. The molecule has 6 heteroatoms. The van der Waals surface area contributed by atoms with Crippen LogP contribution in [0.1, 0.15) is 17.5 Å². The zero-order valence-electron chi connectivity index (χ0n) is 13.9. The summed E-state index contributed by atoms with van der Waals surface area (Å²) < 4.78 is 32.8. The van der Waals surface area contributed by atoms with Crippen LogP contribution in [0.3, 0.4) is 0 Å². The minimum absolute atomic E-state index is 0.0247. The van der Waals surface area contributed by atoms with Crippen molar-refractivity contribution in [2.75, 3.05) is 26.8 Å². The lowest BCUT2D eigenvalue weighted by atomic mass is 9.94. The van der Waals surface area contributed by atoms with Gasteiger partial charge in [-0.15, -0.1) is 0 Å². The number of aromatic amines is 1. The second-order valence-electron chi connectivity index (χ2n) is 6.61. The van der Waals surface area contributed by atoms with Crippen molar-refractivity contribution in [3.05, 3.63) is 45.7 Å². The van der Waals surface area contributed by atoms with Crippen LogP contribution < -0.4 is 5.56 Å². The molecule has 0 spiro atoms. The number of H-pyrrole nitrogens is 1. The number of likely N-dealkylation sites (tertiary alicyclic amines) is 1. The summed E-state index contributed by atoms with van der Waals surface area (Å²) in [5, 5.41) is 0.950. The number of rotatable bonds is 4. The molecule has 4 nitrogen and oxygen atoms in total. The van der Waals surface area contributed by atoms with Gasteiger partial charge in [-0.3, -0.25) is 9.69 Å². The number of piperidine rings is 1. The Bertz CT molecular complexity index is 788. The molecule has 2 aromatic rings. The Morgan fingerprint density at radius 2 is 2.17 bits per heavy atom. The zero-order chi connectivity index (χ0) is 17.3. The Hall–Kier alpha value is -1.79. The van der Waals surface area contributed by atoms with Crippen molar-refractivity contribution < 1.29 is 13.5 Å². The molecule has 1 atom stereocenters. The van der Waals surface area contributed by atoms with E-state index in [-0.39, 0.29) is 31.7 Å². The first kappa shape index (κ1) is 17.0. The Labute approximate surface area is 139 Å². The van der Waals surface area contributed by atoms with E-state index >= 15 is 0 Å². The second-order valence-corrected chi connectivity index (χ2v) is 6.61. The smallest absolute Gasteiger partial charge is 0.255 e. The van der Waals surface area contributed by atoms with Crippen LogP contribution in [0.25, 0.3) is 10.9 Å². The van der Waals surface area contributed by atoms with E-state index in [2.05, 4.69) is 4.98 Å². The van der Waals surface area contributed by atoms with E-state index < -0.39 is 11.8 Å². The number of pyridine rings is 1. The number of nitrogens with one attached hydrogen (secondary N) is 1. The van der Waals surface area contributed by atoms with Crippen LogP contribution >= 0.6 is 0 Å². The number of ether oxygens (including phenoxy) is 1. The average Bonchev–Trinajstić information content (AvgIpc) is 2.52. The monoisotopic (exact) mass is 336 g/mol. The van der Waals surface area contributed by atoms with Crippen molar-refractivity contribution in [2.45, 2.75) is 25.8 Å². The van der Waals surface area contributed by atoms with Crippen LogP contribution in [0.15, 0.2) is 29.1 Å². The number of fused-ring (bicyclic) bond motifs is 1. The molecule has 130 valence electrons. The highest BCUT2D eigenvalue weighted by atomic mass is 19.3. The lowest BCUT2D eigenvalue weighted by Gasteiger charge is -2.37. The molecule has 1 N–H and O–H groups in total. The van der Waals surface area contributed by atoms with Gasteiger partial charge < -0.3 is 9.72 Å². The molecule has 1 aliphatic heterocycles. The van der Waals surface area contributed by atoms with Gasteiger partial charge in [0.05, 0.1) is 12.5 Å². The molecule has 1 unspecified atom stereocenters. The van der Waals surface area contributed by atoms with E-state index in [0.29, 0.717) is 12.1 Å². The molecule has 24 heavy (non-hydrogen) atoms. The number of aryl methyl sites for hydroxylation is 1. The number of benzene rings is 1. The Morgan fingerprint density at radius 1 is 1.38 bits per heavy atom. The number of methoxy groups -OCH3 is 1. The normalized spacial score (nSPS) is 21.2. The fraction of sp³-hybridized carbons (Fsp3) is 0.500. The highest BCUT2D eigenvalue weighted by Crippen LogP contribution is 2.34. The van der Waals surface area contributed by atoms with Crippen LogP contribution in [-0.2, 0) is 11.3 Å². The Morgan fingerprint density at radius 3 is 2.92 bits per heavy atom. The predicted molar refractivity (Wildman–Crippen MR) is 89.5 cm³/mol. The van der Waals surface area contributed by atoms with Crippen LogP contribution in [0.2, 0.25) is 0 Å². The Kier molecular flexibility index (Phi) is 4.69. The molecule has 0 aliphatic carbocycles. The summed E-state index contributed by atoms with van der Waals surface area (Å²) in [6.07, 6.45) is -0.203. The number of halogens is 2. The molecule has 1 saturated heterocycles. The van der Waals surface area contributed by atoms with E-state index in [9.17, 15) is 13.6 Å². The van der Waals surface area contributed by atoms with E-state index in [1.54, 1.807) is 0 Å². The van der Waals surface area contributed by atoms with Gasteiger partial charge in [-0.25, -0.2) is 8.78 Å². The standard InChI is InChI=1S/C18H22F2N2O2/c1-12-3-4-13-8-14(17(23)21-16(13)7-12)9-22-6-5-18(19,20)15(10-22)11-24-2/h3-4,7-8,15H,5-6,9-11H2,1-2H3,(H,21,23). The summed E-state index contributed by atoms with van der Waals surface area (Å²) in [5.41, 5.74) is 2.32. The summed E-state index contributed by atoms with van der Waals surface area (Å²) >= 11 is 0. The minimum Gasteiger partial charge on any atom is -0.384 e. The van der Waals surface area contributed by atoms with Crippen molar-refractivity contribution >= 4 is 10.9 Å². The summed E-state index contributed by atoms with van der Waals surface area (Å²) in [4.78, 5) is 17.1. The largest absolute Gasteiger partial charge is 0.384 e. The van der Waals surface area contributed by atoms with Crippen molar-refractivity contribution in [1.82, 2.24) is 9.88 Å². The number of alkyl halides is 2. The lowest BCUT2D eigenvalue weighted by molar-refractivity contribution is -0.125. The lowest BCUT2D eigenvalue weighted by Crippen LogP contribution is -2.48. The van der Waals surface area contributed by atoms with E-state index in [4.69, 9.17) is 4.74 Å². The molecular formula is C18H22F2N2O2. The van der Waals surface area contributed by atoms with Crippen molar-refractivity contribution in [2.24, 2.45) is 5.92 Å². The number of hydrogen-bond acceptors (Lipinski definition) is 3. The van der Waals surface area contributed by atoms with Gasteiger partial charge in [0, 0.05) is 44.2 Å². The van der Waals surface area contributed by atoms with E-state index in [1.165, 1.54) is 7.11 Å². The molecule has 2 heterocycles. The predicted octanol–water partition coefficient (Wildman–Crippen LogP) is 2.94. The molecule has 1 aromatic heterocycles. The van der Waals surface area contributed by atoms with Crippen LogP contribution in [0, 0.1) is 12.8 Å². The van der Waals surface area contributed by atoms with Gasteiger partial charge in [-0.1, -0.05) is 12.1 Å². The molecular weight excluding hydrogens is 314 g/mol. The van der Waals surface area contributed by atoms with E-state index in [0.717, 1.165) is 16.5 Å². The first-order chi connectivity index (χ1) is 11.4. The summed E-state index contributed by atoms with van der Waals surface area (Å²) in [7, 11) is 1.44. The highest BCUT2D eigenvalue weighted by molar-refractivity contribution is 5.79. The topological polar surface area (TPSA) is 45.3 Å². The maximum atomic E-state index is 13.9. The van der Waals surface area contributed by atoms with Crippen molar-refractivity contribution in [1.29, 1.82) is 0 Å². The molecule has 0 amide bonds. The van der Waals surface area contributed by atoms with Crippen LogP contribution in [0.5, 0.6) is 0 Å². The van der Waals surface area contributed by atoms with Gasteiger partial charge in [0.25, 0.3) is 11.5 Å². The van der Waals surface area contributed by atoms with Gasteiger partial charge in [-0.2, -0.15) is 0 Å². The van der Waals surface area contributed by atoms with Crippen LogP contribution in [-0.4, -0.2) is 42.6 Å². The van der Waals surface area contributed by atoms with Gasteiger partial charge in [-0.05, 0) is 30.0 Å². The van der Waals surface area contributed by atoms with Gasteiger partial charge >= 0.3 is 0 Å². The van der Waals surface area contributed by atoms with Gasteiger partial charge in [0.2, 0.25) is 0 Å². The fourth-order valence-electron chi connectivity index (χ4n) is 3.29. The first-order valence-corrected chi connectivity index (χ1v) is 8.11. The molecule has 1 aliphatic rings. The third kappa shape index (κ3) is 3.49. The fourth-order valence-corrected chi connectivity index (χ4v) is 3.29. The SMILES string of the molecule is COCC1CN(Cc2cc3ccc(C)cc3[nH]c2=O)CCC1(F)F. The van der Waals surface area contributed by atoms with Gasteiger partial charge in [0.15, 0.2) is 0 Å². The third-order valence-corrected chi connectivity index (χ3v) is 4.68. The summed E-state index contributed by atoms with van der Waals surface area (Å²) in [5.74, 6) is -3.54. The number of nitrogens with zero attached hydrogens (tertiary/aromatic N) is 1. The molecule has 1 aromatic carbocycles. The quantitative estimate of drug-likeness (QED) is 0.934. The number of aromatic nitrogens is 1. The number of hydrogen-bond donors (Lipinski definition) is 1. The van der Waals surface area contributed by atoms with Crippen LogP contribution in [0.4, 0.5) is 8.78 Å². The maximum absolute atomic E-state index is 13.9. The van der Waals surface area contributed by atoms with Crippen molar-refractivity contribution in [3.8, 4) is 0 Å². The van der Waals surface area contributed by atoms with Gasteiger partial charge in [0.1, 0.15) is 0 Å². The van der Waals surface area contributed by atoms with E-state index in [1.807, 2.05) is 36.1 Å². The Balaban J connectivity index is 1.81. The first-order valence-electron chi connectivity index (χ1n) is 8.11. The molecule has 0 radical (unpaired) electrons. The second kappa shape index (κ2) is 6.61. The third-order valence-electron chi connectivity index (χ3n) is 4.68. The van der Waals surface area contributed by atoms with Crippen molar-refractivity contribution in [3.63, 3.8) is 0 Å². The molecule has 0 bridgehead atoms. The average molecular weight is 336 g/mol. The summed E-state index contributed by atoms with van der Waals surface area (Å²) in [6, 6.07) is 7.73. The molecule has 1 fully saturated rings. The maximum Gasteiger partial charge on any atom is 0.255 e. The minimum atomic E-state index is -2.71. The highest BCUT2D eigenvalue weighted by Gasteiger charge is 2.43. The summed E-state index contributed by atoms with van der Waals surface area (Å²) in [6.45, 7) is 2.87.